The first kappa shape index (κ1) is 28.7. The molecule has 0 aliphatic carbocycles. The highest BCUT2D eigenvalue weighted by atomic mass is 35.5. The molecule has 42 heavy (non-hydrogen) atoms. The number of benzene rings is 2. The number of pyridine rings is 1. The van der Waals surface area contributed by atoms with Gasteiger partial charge in [-0.1, -0.05) is 29.8 Å². The highest BCUT2D eigenvalue weighted by Crippen LogP contribution is 2.31. The van der Waals surface area contributed by atoms with Crippen LogP contribution in [0.25, 0.3) is 21.9 Å². The highest BCUT2D eigenvalue weighted by molar-refractivity contribution is 6.31. The number of fused-ring (bicyclic) bond motifs is 3. The second-order valence-corrected chi connectivity index (χ2v) is 11.6. The molecule has 0 spiro atoms. The first-order valence-corrected chi connectivity index (χ1v) is 15.0. The summed E-state index contributed by atoms with van der Waals surface area (Å²) in [6.45, 7) is 6.31. The lowest BCUT2D eigenvalue weighted by Crippen LogP contribution is -2.44. The van der Waals surface area contributed by atoms with Crippen molar-refractivity contribution in [2.45, 2.75) is 31.8 Å². The quantitative estimate of drug-likeness (QED) is 0.245. The van der Waals surface area contributed by atoms with Gasteiger partial charge >= 0.3 is 5.97 Å². The maximum atomic E-state index is 13.8. The van der Waals surface area contributed by atoms with Gasteiger partial charge in [0, 0.05) is 56.2 Å². The number of aryl methyl sites for hydroxylation is 1. The molecule has 0 unspecified atom stereocenters. The van der Waals surface area contributed by atoms with Crippen molar-refractivity contribution < 1.29 is 14.3 Å². The number of rotatable bonds is 8. The lowest BCUT2D eigenvalue weighted by Gasteiger charge is -2.32. The van der Waals surface area contributed by atoms with Crippen LogP contribution in [0.2, 0.25) is 5.02 Å². The molecule has 2 aliphatic rings. The van der Waals surface area contributed by atoms with Gasteiger partial charge in [0.25, 0.3) is 5.56 Å². The van der Waals surface area contributed by atoms with Crippen LogP contribution in [-0.2, 0) is 23.1 Å². The lowest BCUT2D eigenvalue weighted by molar-refractivity contribution is 0.0298. The van der Waals surface area contributed by atoms with Crippen LogP contribution in [0.4, 0.5) is 5.95 Å². The van der Waals surface area contributed by atoms with Gasteiger partial charge in [-0.25, -0.2) is 9.78 Å². The Morgan fingerprint density at radius 2 is 1.98 bits per heavy atom. The van der Waals surface area contributed by atoms with Crippen molar-refractivity contribution in [2.24, 2.45) is 12.8 Å². The molecule has 1 atom stereocenters. The Bertz CT molecular complexity index is 1660. The molecule has 222 valence electrons. The summed E-state index contributed by atoms with van der Waals surface area (Å²) in [4.78, 5) is 36.5. The summed E-state index contributed by atoms with van der Waals surface area (Å²) in [5, 5.41) is 1.34. The van der Waals surface area contributed by atoms with Crippen LogP contribution >= 0.6 is 11.6 Å². The van der Waals surface area contributed by atoms with Gasteiger partial charge in [0.2, 0.25) is 5.95 Å². The number of carbonyl (C=O) groups is 1. The Kier molecular flexibility index (Phi) is 8.48. The third-order valence-corrected chi connectivity index (χ3v) is 8.65. The molecule has 2 saturated heterocycles. The second-order valence-electron chi connectivity index (χ2n) is 11.2. The van der Waals surface area contributed by atoms with Crippen LogP contribution in [0.15, 0.2) is 47.3 Å². The normalized spacial score (nSPS) is 18.2. The minimum Gasteiger partial charge on any atom is -0.462 e. The number of piperidine rings is 1. The Hall–Kier alpha value is -3.44. The van der Waals surface area contributed by atoms with Gasteiger partial charge in [0.05, 0.1) is 37.4 Å². The largest absolute Gasteiger partial charge is 0.462 e. The third kappa shape index (κ3) is 5.76. The average Bonchev–Trinajstić information content (AvgIpc) is 3.39. The molecule has 0 amide bonds. The maximum Gasteiger partial charge on any atom is 0.338 e. The average molecular weight is 593 g/mol. The minimum atomic E-state index is -0.390. The number of nitrogens with two attached hydrogens (primary N) is 1. The Morgan fingerprint density at radius 3 is 2.76 bits per heavy atom. The summed E-state index contributed by atoms with van der Waals surface area (Å²) in [6.07, 6.45) is 2.65. The maximum absolute atomic E-state index is 13.8. The number of esters is 1. The Balaban J connectivity index is 1.37. The minimum absolute atomic E-state index is 0.0246. The number of halogens is 1. The van der Waals surface area contributed by atoms with E-state index in [2.05, 4.69) is 9.80 Å². The number of hydrogen-bond acceptors (Lipinski definition) is 8. The molecule has 11 heteroatoms. The summed E-state index contributed by atoms with van der Waals surface area (Å²) >= 11 is 6.56. The summed E-state index contributed by atoms with van der Waals surface area (Å²) in [5.41, 5.74) is 9.21. The van der Waals surface area contributed by atoms with Gasteiger partial charge < -0.3 is 29.2 Å². The first-order chi connectivity index (χ1) is 20.4. The third-order valence-electron chi connectivity index (χ3n) is 8.29. The number of imidazole rings is 1. The van der Waals surface area contributed by atoms with E-state index in [0.29, 0.717) is 52.8 Å². The van der Waals surface area contributed by atoms with Crippen LogP contribution < -0.4 is 16.2 Å². The summed E-state index contributed by atoms with van der Waals surface area (Å²) in [6, 6.07) is 12.9. The standard InChI is InChI=1S/C31H37ClN6O4/c1-35-26-10-9-21(30(40)42-15-5-11-36-13-16-41-17-14-36)18-24(26)27-28(29(35)39)38(19-22-6-2-3-8-25(22)32)31(34-27)37-12-4-7-23(33)20-37/h2-3,6,8-10,18,23H,4-5,7,11-17,19-20,33H2,1H3/t23-/m1/s1. The molecule has 6 rings (SSSR count). The van der Waals surface area contributed by atoms with Gasteiger partial charge in [0.1, 0.15) is 11.0 Å². The second kappa shape index (κ2) is 12.4. The van der Waals surface area contributed by atoms with Gasteiger partial charge in [-0.3, -0.25) is 9.69 Å². The van der Waals surface area contributed by atoms with Crippen molar-refractivity contribution in [1.29, 1.82) is 0 Å². The molecular formula is C31H37ClN6O4. The molecule has 2 N–H and O–H groups in total. The number of morpholine rings is 1. The molecule has 4 aromatic rings. The predicted octanol–water partition coefficient (Wildman–Crippen LogP) is 3.40. The number of hydrogen-bond donors (Lipinski definition) is 1. The van der Waals surface area contributed by atoms with E-state index in [4.69, 9.17) is 31.8 Å². The monoisotopic (exact) mass is 592 g/mol. The summed E-state index contributed by atoms with van der Waals surface area (Å²) in [5.74, 6) is 0.291. The number of ether oxygens (including phenoxy) is 2. The van der Waals surface area contributed by atoms with E-state index in [-0.39, 0.29) is 11.6 Å². The summed E-state index contributed by atoms with van der Waals surface area (Å²) in [7, 11) is 1.75. The van der Waals surface area contributed by atoms with E-state index in [1.54, 1.807) is 29.8 Å². The topological polar surface area (TPSA) is 108 Å². The SMILES string of the molecule is Cn1c(=O)c2c(nc(N3CCC[C@@H](N)C3)n2Cc2ccccc2Cl)c2cc(C(=O)OCCCN3CCOCC3)ccc21. The molecule has 0 bridgehead atoms. The molecular weight excluding hydrogens is 556 g/mol. The van der Waals surface area contributed by atoms with Crippen molar-refractivity contribution >= 4 is 45.5 Å². The fourth-order valence-electron chi connectivity index (χ4n) is 6.00. The van der Waals surface area contributed by atoms with E-state index in [1.807, 2.05) is 28.8 Å². The highest BCUT2D eigenvalue weighted by Gasteiger charge is 2.26. The van der Waals surface area contributed by atoms with Gasteiger partial charge in [0.15, 0.2) is 0 Å². The van der Waals surface area contributed by atoms with Crippen LogP contribution in [0.1, 0.15) is 35.2 Å². The fraction of sp³-hybridized carbons (Fsp3) is 0.452. The molecule has 2 aromatic carbocycles. The van der Waals surface area contributed by atoms with E-state index in [9.17, 15) is 9.59 Å². The van der Waals surface area contributed by atoms with E-state index >= 15 is 0 Å². The number of carbonyl (C=O) groups excluding carboxylic acids is 1. The zero-order chi connectivity index (χ0) is 29.2. The number of anilines is 1. The zero-order valence-electron chi connectivity index (χ0n) is 23.9. The van der Waals surface area contributed by atoms with Crippen LogP contribution in [0, 0.1) is 0 Å². The first-order valence-electron chi connectivity index (χ1n) is 14.6. The van der Waals surface area contributed by atoms with Crippen LogP contribution in [0.3, 0.4) is 0 Å². The van der Waals surface area contributed by atoms with Gasteiger partial charge in [-0.05, 0) is 49.1 Å². The lowest BCUT2D eigenvalue weighted by atomic mass is 10.1. The zero-order valence-corrected chi connectivity index (χ0v) is 24.7. The molecule has 0 radical (unpaired) electrons. The molecule has 2 aromatic heterocycles. The Labute approximate surface area is 249 Å². The van der Waals surface area contributed by atoms with E-state index in [0.717, 1.165) is 69.6 Å². The predicted molar refractivity (Wildman–Crippen MR) is 165 cm³/mol. The van der Waals surface area contributed by atoms with Crippen LogP contribution in [-0.4, -0.2) is 83.6 Å². The van der Waals surface area contributed by atoms with Crippen molar-refractivity contribution in [3.05, 3.63) is 69.0 Å². The van der Waals surface area contributed by atoms with E-state index in [1.165, 1.54) is 0 Å². The van der Waals surface area contributed by atoms with Crippen LogP contribution in [0.5, 0.6) is 0 Å². The molecule has 10 nitrogen and oxygen atoms in total. The van der Waals surface area contributed by atoms with Gasteiger partial charge in [-0.2, -0.15) is 0 Å². The van der Waals surface area contributed by atoms with E-state index < -0.39 is 5.97 Å². The van der Waals surface area contributed by atoms with Crippen molar-refractivity contribution in [2.75, 3.05) is 57.4 Å². The van der Waals surface area contributed by atoms with Crippen molar-refractivity contribution in [1.82, 2.24) is 19.0 Å². The fourth-order valence-corrected chi connectivity index (χ4v) is 6.20. The molecule has 0 saturated carbocycles. The number of aromatic nitrogens is 3. The molecule has 2 aliphatic heterocycles. The molecule has 4 heterocycles. The Morgan fingerprint density at radius 1 is 1.17 bits per heavy atom. The number of nitrogens with zero attached hydrogens (tertiary/aromatic N) is 5. The van der Waals surface area contributed by atoms with Crippen molar-refractivity contribution in [3.63, 3.8) is 0 Å². The van der Waals surface area contributed by atoms with Gasteiger partial charge in [-0.15, -0.1) is 0 Å². The summed E-state index contributed by atoms with van der Waals surface area (Å²) < 4.78 is 14.6. The molecule has 2 fully saturated rings. The van der Waals surface area contributed by atoms with Crippen molar-refractivity contribution in [3.8, 4) is 0 Å². The smallest absolute Gasteiger partial charge is 0.338 e.